The van der Waals surface area contributed by atoms with E-state index in [2.05, 4.69) is 17.1 Å². The van der Waals surface area contributed by atoms with Crippen LogP contribution in [0.4, 0.5) is 10.1 Å². The van der Waals surface area contributed by atoms with Crippen LogP contribution in [0.1, 0.15) is 38.2 Å². The molecule has 2 rings (SSSR count). The van der Waals surface area contributed by atoms with Crippen molar-refractivity contribution in [1.82, 2.24) is 5.32 Å². The Morgan fingerprint density at radius 1 is 1.40 bits per heavy atom. The largest absolute Gasteiger partial charge is 0.394 e. The second kappa shape index (κ2) is 7.60. The lowest BCUT2D eigenvalue weighted by atomic mass is 10.00. The van der Waals surface area contributed by atoms with Crippen molar-refractivity contribution in [2.45, 2.75) is 45.2 Å². The molecule has 3 nitrogen and oxygen atoms in total. The summed E-state index contributed by atoms with van der Waals surface area (Å²) in [6.45, 7) is 4.83. The molecule has 0 spiro atoms. The minimum absolute atomic E-state index is 0.166. The molecule has 4 heteroatoms. The molecule has 1 aliphatic rings. The van der Waals surface area contributed by atoms with Gasteiger partial charge in [-0.15, -0.1) is 0 Å². The Balaban J connectivity index is 2.19. The van der Waals surface area contributed by atoms with Gasteiger partial charge in [0.05, 0.1) is 12.6 Å². The summed E-state index contributed by atoms with van der Waals surface area (Å²) in [7, 11) is 0. The Labute approximate surface area is 120 Å². The number of aliphatic hydroxyl groups excluding tert-OH is 1. The van der Waals surface area contributed by atoms with E-state index in [4.69, 9.17) is 0 Å². The summed E-state index contributed by atoms with van der Waals surface area (Å²) in [6.07, 6.45) is 4.37. The number of aliphatic hydroxyl groups is 1. The Kier molecular flexibility index (Phi) is 5.80. The van der Waals surface area contributed by atoms with E-state index >= 15 is 0 Å². The van der Waals surface area contributed by atoms with Gasteiger partial charge in [0.1, 0.15) is 5.82 Å². The summed E-state index contributed by atoms with van der Waals surface area (Å²) in [4.78, 5) is 2.24. The summed E-state index contributed by atoms with van der Waals surface area (Å²) in [5.74, 6) is -0.195. The maximum Gasteiger partial charge on any atom is 0.123 e. The van der Waals surface area contributed by atoms with Crippen LogP contribution in [0, 0.1) is 5.82 Å². The van der Waals surface area contributed by atoms with Crippen LogP contribution in [-0.2, 0) is 6.54 Å². The predicted octanol–water partition coefficient (Wildman–Crippen LogP) is 2.68. The molecule has 2 N–H and O–H groups in total. The van der Waals surface area contributed by atoms with Crippen molar-refractivity contribution < 1.29 is 9.50 Å². The van der Waals surface area contributed by atoms with E-state index in [1.807, 2.05) is 6.07 Å². The lowest BCUT2D eigenvalue weighted by Crippen LogP contribution is -2.42. The van der Waals surface area contributed by atoms with E-state index in [1.165, 1.54) is 6.07 Å². The van der Waals surface area contributed by atoms with Gasteiger partial charge in [0, 0.05) is 18.8 Å². The molecule has 1 unspecified atom stereocenters. The van der Waals surface area contributed by atoms with Crippen molar-refractivity contribution in [3.63, 3.8) is 0 Å². The summed E-state index contributed by atoms with van der Waals surface area (Å²) in [6, 6.07) is 5.15. The zero-order valence-electron chi connectivity index (χ0n) is 12.2. The Bertz CT molecular complexity index is 425. The number of hydrogen-bond acceptors (Lipinski definition) is 3. The number of hydrogen-bond donors (Lipinski definition) is 2. The van der Waals surface area contributed by atoms with Crippen LogP contribution in [-0.4, -0.2) is 30.8 Å². The molecule has 1 heterocycles. The number of nitrogens with zero attached hydrogens (tertiary/aromatic N) is 1. The average Bonchev–Trinajstić information content (AvgIpc) is 2.48. The van der Waals surface area contributed by atoms with Crippen molar-refractivity contribution in [3.8, 4) is 0 Å². The number of anilines is 1. The van der Waals surface area contributed by atoms with E-state index in [0.717, 1.165) is 50.0 Å². The third-order valence-corrected chi connectivity index (χ3v) is 3.93. The van der Waals surface area contributed by atoms with Gasteiger partial charge in [-0.1, -0.05) is 6.92 Å². The summed E-state index contributed by atoms with van der Waals surface area (Å²) in [5.41, 5.74) is 2.05. The van der Waals surface area contributed by atoms with Gasteiger partial charge in [0.15, 0.2) is 0 Å². The van der Waals surface area contributed by atoms with Gasteiger partial charge >= 0.3 is 0 Å². The average molecular weight is 280 g/mol. The molecular weight excluding hydrogens is 255 g/mol. The second-order valence-corrected chi connectivity index (χ2v) is 5.48. The Morgan fingerprint density at radius 2 is 2.25 bits per heavy atom. The first-order valence-corrected chi connectivity index (χ1v) is 7.63. The van der Waals surface area contributed by atoms with E-state index in [0.29, 0.717) is 6.54 Å². The quantitative estimate of drug-likeness (QED) is 0.786. The highest BCUT2D eigenvalue weighted by atomic mass is 19.1. The first kappa shape index (κ1) is 15.3. The zero-order chi connectivity index (χ0) is 14.4. The molecule has 0 saturated carbocycles. The fraction of sp³-hybridized carbons (Fsp3) is 0.625. The van der Waals surface area contributed by atoms with Gasteiger partial charge in [-0.3, -0.25) is 0 Å². The van der Waals surface area contributed by atoms with Crippen molar-refractivity contribution in [3.05, 3.63) is 29.6 Å². The third kappa shape index (κ3) is 3.70. The number of nitrogens with one attached hydrogen (secondary N) is 1. The van der Waals surface area contributed by atoms with E-state index < -0.39 is 0 Å². The number of halogens is 1. The molecule has 20 heavy (non-hydrogen) atoms. The van der Waals surface area contributed by atoms with Crippen LogP contribution in [0.2, 0.25) is 0 Å². The normalized spacial score (nSPS) is 19.4. The van der Waals surface area contributed by atoms with E-state index in [1.54, 1.807) is 6.07 Å². The molecule has 0 radical (unpaired) electrons. The fourth-order valence-corrected chi connectivity index (χ4v) is 2.88. The van der Waals surface area contributed by atoms with E-state index in [-0.39, 0.29) is 18.5 Å². The summed E-state index contributed by atoms with van der Waals surface area (Å²) in [5, 5.41) is 12.9. The molecule has 0 aromatic heterocycles. The standard InChI is InChI=1S/C16H25FN2O/c1-2-8-18-11-13-10-14(17)6-7-16(13)19-9-4-3-5-15(19)12-20/h6-7,10,15,18,20H,2-5,8-9,11-12H2,1H3. The molecular formula is C16H25FN2O. The van der Waals surface area contributed by atoms with Crippen molar-refractivity contribution in [2.24, 2.45) is 0 Å². The SMILES string of the molecule is CCCNCc1cc(F)ccc1N1CCCCC1CO. The van der Waals surface area contributed by atoms with Crippen LogP contribution >= 0.6 is 0 Å². The second-order valence-electron chi connectivity index (χ2n) is 5.48. The van der Waals surface area contributed by atoms with E-state index in [9.17, 15) is 9.50 Å². The van der Waals surface area contributed by atoms with Gasteiger partial charge in [0.25, 0.3) is 0 Å². The molecule has 1 atom stereocenters. The van der Waals surface area contributed by atoms with Crippen molar-refractivity contribution in [2.75, 3.05) is 24.6 Å². The van der Waals surface area contributed by atoms with Crippen LogP contribution in [0.5, 0.6) is 0 Å². The highest BCUT2D eigenvalue weighted by Crippen LogP contribution is 2.28. The van der Waals surface area contributed by atoms with Gasteiger partial charge in [-0.25, -0.2) is 4.39 Å². The smallest absolute Gasteiger partial charge is 0.123 e. The van der Waals surface area contributed by atoms with Crippen LogP contribution in [0.25, 0.3) is 0 Å². The highest BCUT2D eigenvalue weighted by Gasteiger charge is 2.23. The molecule has 1 fully saturated rings. The maximum absolute atomic E-state index is 13.5. The minimum atomic E-state index is -0.195. The number of rotatable bonds is 6. The van der Waals surface area contributed by atoms with Crippen molar-refractivity contribution >= 4 is 5.69 Å². The molecule has 1 aromatic carbocycles. The first-order valence-electron chi connectivity index (χ1n) is 7.63. The lowest BCUT2D eigenvalue weighted by molar-refractivity contribution is 0.240. The molecule has 1 aliphatic heterocycles. The van der Waals surface area contributed by atoms with Gasteiger partial charge in [-0.05, 0) is 56.0 Å². The minimum Gasteiger partial charge on any atom is -0.394 e. The maximum atomic E-state index is 13.5. The summed E-state index contributed by atoms with van der Waals surface area (Å²) >= 11 is 0. The molecule has 1 saturated heterocycles. The predicted molar refractivity (Wildman–Crippen MR) is 80.5 cm³/mol. The van der Waals surface area contributed by atoms with Gasteiger partial charge < -0.3 is 15.3 Å². The summed E-state index contributed by atoms with van der Waals surface area (Å²) < 4.78 is 13.5. The monoisotopic (exact) mass is 280 g/mol. The van der Waals surface area contributed by atoms with Crippen LogP contribution in [0.3, 0.4) is 0 Å². The van der Waals surface area contributed by atoms with Gasteiger partial charge in [0.2, 0.25) is 0 Å². The van der Waals surface area contributed by atoms with Crippen LogP contribution < -0.4 is 10.2 Å². The fourth-order valence-electron chi connectivity index (χ4n) is 2.88. The Hall–Kier alpha value is -1.13. The Morgan fingerprint density at radius 3 is 3.00 bits per heavy atom. The molecule has 112 valence electrons. The van der Waals surface area contributed by atoms with Gasteiger partial charge in [-0.2, -0.15) is 0 Å². The number of benzene rings is 1. The highest BCUT2D eigenvalue weighted by molar-refractivity contribution is 5.55. The zero-order valence-corrected chi connectivity index (χ0v) is 12.2. The molecule has 0 amide bonds. The molecule has 0 bridgehead atoms. The number of piperidine rings is 1. The van der Waals surface area contributed by atoms with Crippen LogP contribution in [0.15, 0.2) is 18.2 Å². The molecule has 1 aromatic rings. The first-order chi connectivity index (χ1) is 9.76. The third-order valence-electron chi connectivity index (χ3n) is 3.93. The molecule has 0 aliphatic carbocycles. The topological polar surface area (TPSA) is 35.5 Å². The van der Waals surface area contributed by atoms with Crippen molar-refractivity contribution in [1.29, 1.82) is 0 Å². The lowest BCUT2D eigenvalue weighted by Gasteiger charge is -2.37.